The van der Waals surface area contributed by atoms with Crippen LogP contribution in [-0.2, 0) is 4.74 Å². The topological polar surface area (TPSA) is 44.8 Å². The second kappa shape index (κ2) is 6.58. The number of allylic oxidation sites excluding steroid dienone is 1. The number of ether oxygens (including phenoxy) is 3. The standard InChI is InChI=1S/C13H16O4/c1-4-17-8-7-12(14)11-9-10(15-2)5-6-13(11)16-3/h5-9H,4H2,1-3H3. The molecule has 0 aromatic heterocycles. The zero-order chi connectivity index (χ0) is 12.7. The number of ketones is 1. The molecule has 0 N–H and O–H groups in total. The van der Waals surface area contributed by atoms with Gasteiger partial charge < -0.3 is 14.2 Å². The van der Waals surface area contributed by atoms with E-state index in [-0.39, 0.29) is 5.78 Å². The molecule has 0 saturated carbocycles. The maximum absolute atomic E-state index is 11.9. The minimum atomic E-state index is -0.186. The van der Waals surface area contributed by atoms with E-state index in [1.54, 1.807) is 25.3 Å². The van der Waals surface area contributed by atoms with Crippen molar-refractivity contribution < 1.29 is 19.0 Å². The molecule has 0 unspecified atom stereocenters. The van der Waals surface area contributed by atoms with Crippen LogP contribution >= 0.6 is 0 Å². The molecule has 0 radical (unpaired) electrons. The molecule has 0 aliphatic heterocycles. The fraction of sp³-hybridized carbons (Fsp3) is 0.308. The summed E-state index contributed by atoms with van der Waals surface area (Å²) in [4.78, 5) is 11.9. The van der Waals surface area contributed by atoms with Gasteiger partial charge in [-0.15, -0.1) is 0 Å². The molecule has 0 spiro atoms. The predicted molar refractivity (Wildman–Crippen MR) is 64.6 cm³/mol. The van der Waals surface area contributed by atoms with Crippen LogP contribution in [0, 0.1) is 0 Å². The van der Waals surface area contributed by atoms with Crippen molar-refractivity contribution in [1.29, 1.82) is 0 Å². The maximum Gasteiger partial charge on any atom is 0.192 e. The number of benzene rings is 1. The van der Waals surface area contributed by atoms with Gasteiger partial charge in [-0.2, -0.15) is 0 Å². The summed E-state index contributed by atoms with van der Waals surface area (Å²) in [6, 6.07) is 5.07. The molecule has 0 aliphatic rings. The van der Waals surface area contributed by atoms with Gasteiger partial charge in [0.1, 0.15) is 11.5 Å². The Balaban J connectivity index is 2.97. The highest BCUT2D eigenvalue weighted by Crippen LogP contribution is 2.24. The molecule has 1 aromatic carbocycles. The lowest BCUT2D eigenvalue weighted by Gasteiger charge is -2.07. The number of hydrogen-bond acceptors (Lipinski definition) is 4. The first-order valence-electron chi connectivity index (χ1n) is 5.27. The molecule has 17 heavy (non-hydrogen) atoms. The Kier molecular flexibility index (Phi) is 5.07. The molecule has 4 heteroatoms. The molecule has 0 atom stereocenters. The summed E-state index contributed by atoms with van der Waals surface area (Å²) >= 11 is 0. The first-order valence-corrected chi connectivity index (χ1v) is 5.27. The van der Waals surface area contributed by atoms with Crippen molar-refractivity contribution >= 4 is 5.78 Å². The second-order valence-corrected chi connectivity index (χ2v) is 3.19. The largest absolute Gasteiger partial charge is 0.501 e. The third-order valence-corrected chi connectivity index (χ3v) is 2.15. The molecule has 1 rings (SSSR count). The Morgan fingerprint density at radius 1 is 1.29 bits per heavy atom. The van der Waals surface area contributed by atoms with E-state index >= 15 is 0 Å². The minimum Gasteiger partial charge on any atom is -0.501 e. The molecule has 92 valence electrons. The molecular weight excluding hydrogens is 220 g/mol. The Morgan fingerprint density at radius 3 is 2.65 bits per heavy atom. The number of hydrogen-bond donors (Lipinski definition) is 0. The van der Waals surface area contributed by atoms with Gasteiger partial charge in [0.15, 0.2) is 5.78 Å². The van der Waals surface area contributed by atoms with Crippen LogP contribution in [0.25, 0.3) is 0 Å². The van der Waals surface area contributed by atoms with E-state index < -0.39 is 0 Å². The van der Waals surface area contributed by atoms with Crippen LogP contribution in [0.5, 0.6) is 11.5 Å². The van der Waals surface area contributed by atoms with Crippen LogP contribution in [0.15, 0.2) is 30.5 Å². The van der Waals surface area contributed by atoms with E-state index in [1.165, 1.54) is 19.4 Å². The Morgan fingerprint density at radius 2 is 2.06 bits per heavy atom. The lowest BCUT2D eigenvalue weighted by Crippen LogP contribution is -2.00. The van der Waals surface area contributed by atoms with Gasteiger partial charge >= 0.3 is 0 Å². The Bertz CT molecular complexity index is 410. The molecule has 0 bridgehead atoms. The van der Waals surface area contributed by atoms with Gasteiger partial charge in [-0.1, -0.05) is 0 Å². The average molecular weight is 236 g/mol. The SMILES string of the molecule is CCOC=CC(=O)c1cc(OC)ccc1OC. The van der Waals surface area contributed by atoms with Crippen LogP contribution in [0.1, 0.15) is 17.3 Å². The van der Waals surface area contributed by atoms with Crippen molar-refractivity contribution in [1.82, 2.24) is 0 Å². The van der Waals surface area contributed by atoms with Crippen molar-refractivity contribution in [3.05, 3.63) is 36.1 Å². The number of rotatable bonds is 6. The highest BCUT2D eigenvalue weighted by molar-refractivity contribution is 6.06. The molecule has 0 heterocycles. The molecule has 0 amide bonds. The summed E-state index contributed by atoms with van der Waals surface area (Å²) in [6.45, 7) is 2.37. The van der Waals surface area contributed by atoms with Crippen molar-refractivity contribution in [2.24, 2.45) is 0 Å². The average Bonchev–Trinajstić information content (AvgIpc) is 2.38. The third kappa shape index (κ3) is 3.52. The van der Waals surface area contributed by atoms with E-state index in [9.17, 15) is 4.79 Å². The van der Waals surface area contributed by atoms with E-state index in [1.807, 2.05) is 6.92 Å². The van der Waals surface area contributed by atoms with Crippen LogP contribution in [0.2, 0.25) is 0 Å². The molecule has 0 fully saturated rings. The molecular formula is C13H16O4. The van der Waals surface area contributed by atoms with Gasteiger partial charge in [0.2, 0.25) is 0 Å². The lowest BCUT2D eigenvalue weighted by atomic mass is 10.1. The smallest absolute Gasteiger partial charge is 0.192 e. The fourth-order valence-electron chi connectivity index (χ4n) is 1.30. The van der Waals surface area contributed by atoms with Crippen LogP contribution in [0.4, 0.5) is 0 Å². The second-order valence-electron chi connectivity index (χ2n) is 3.19. The van der Waals surface area contributed by atoms with Crippen molar-refractivity contribution in [2.75, 3.05) is 20.8 Å². The number of methoxy groups -OCH3 is 2. The summed E-state index contributed by atoms with van der Waals surface area (Å²) in [5.74, 6) is 0.935. The lowest BCUT2D eigenvalue weighted by molar-refractivity contribution is 0.103. The number of carbonyl (C=O) groups is 1. The van der Waals surface area contributed by atoms with Gasteiger partial charge in [0.05, 0.1) is 32.7 Å². The highest BCUT2D eigenvalue weighted by atomic mass is 16.5. The van der Waals surface area contributed by atoms with Gasteiger partial charge in [0, 0.05) is 6.08 Å². The monoisotopic (exact) mass is 236 g/mol. The van der Waals surface area contributed by atoms with Gasteiger partial charge in [0.25, 0.3) is 0 Å². The van der Waals surface area contributed by atoms with E-state index in [4.69, 9.17) is 14.2 Å². The third-order valence-electron chi connectivity index (χ3n) is 2.15. The fourth-order valence-corrected chi connectivity index (χ4v) is 1.30. The molecule has 0 aliphatic carbocycles. The summed E-state index contributed by atoms with van der Waals surface area (Å²) in [7, 11) is 3.07. The zero-order valence-corrected chi connectivity index (χ0v) is 10.2. The summed E-state index contributed by atoms with van der Waals surface area (Å²) < 4.78 is 15.2. The van der Waals surface area contributed by atoms with Gasteiger partial charge in [-0.25, -0.2) is 0 Å². The first-order chi connectivity index (χ1) is 8.22. The van der Waals surface area contributed by atoms with Crippen LogP contribution in [0.3, 0.4) is 0 Å². The minimum absolute atomic E-state index is 0.186. The van der Waals surface area contributed by atoms with Gasteiger partial charge in [-0.05, 0) is 25.1 Å². The van der Waals surface area contributed by atoms with Crippen LogP contribution < -0.4 is 9.47 Å². The summed E-state index contributed by atoms with van der Waals surface area (Å²) in [5, 5.41) is 0. The van der Waals surface area contributed by atoms with E-state index in [0.29, 0.717) is 23.7 Å². The first kappa shape index (κ1) is 13.1. The van der Waals surface area contributed by atoms with Crippen molar-refractivity contribution in [3.8, 4) is 11.5 Å². The highest BCUT2D eigenvalue weighted by Gasteiger charge is 2.10. The Hall–Kier alpha value is -1.97. The van der Waals surface area contributed by atoms with Gasteiger partial charge in [-0.3, -0.25) is 4.79 Å². The number of carbonyl (C=O) groups excluding carboxylic acids is 1. The maximum atomic E-state index is 11.9. The molecule has 1 aromatic rings. The van der Waals surface area contributed by atoms with Crippen LogP contribution in [-0.4, -0.2) is 26.6 Å². The van der Waals surface area contributed by atoms with E-state index in [2.05, 4.69) is 0 Å². The van der Waals surface area contributed by atoms with Crippen molar-refractivity contribution in [2.45, 2.75) is 6.92 Å². The normalized spacial score (nSPS) is 10.3. The predicted octanol–water partition coefficient (Wildman–Crippen LogP) is 2.44. The van der Waals surface area contributed by atoms with E-state index in [0.717, 1.165) is 0 Å². The summed E-state index contributed by atoms with van der Waals surface area (Å²) in [6.07, 6.45) is 2.74. The molecule has 0 saturated heterocycles. The summed E-state index contributed by atoms with van der Waals surface area (Å²) in [5.41, 5.74) is 0.447. The zero-order valence-electron chi connectivity index (χ0n) is 10.2. The van der Waals surface area contributed by atoms with Crippen molar-refractivity contribution in [3.63, 3.8) is 0 Å². The quantitative estimate of drug-likeness (QED) is 0.432. The molecule has 4 nitrogen and oxygen atoms in total. The Labute approximate surface area is 101 Å².